The van der Waals surface area contributed by atoms with Gasteiger partial charge in [-0.1, -0.05) is 24.4 Å². The highest BCUT2D eigenvalue weighted by atomic mass is 16.5. The molecule has 0 aromatic carbocycles. The third-order valence-corrected chi connectivity index (χ3v) is 5.14. The summed E-state index contributed by atoms with van der Waals surface area (Å²) in [6, 6.07) is 2.25. The molecule has 3 rings (SSSR count). The molecule has 2 N–H and O–H groups in total. The molecule has 0 unspecified atom stereocenters. The van der Waals surface area contributed by atoms with Gasteiger partial charge >= 0.3 is 0 Å². The first-order valence-electron chi connectivity index (χ1n) is 9.61. The second-order valence-electron chi connectivity index (χ2n) is 7.06. The lowest BCUT2D eigenvalue weighted by Crippen LogP contribution is -2.53. The number of rotatable bonds is 5. The van der Waals surface area contributed by atoms with Crippen LogP contribution in [0.3, 0.4) is 0 Å². The van der Waals surface area contributed by atoms with E-state index in [2.05, 4.69) is 30.6 Å². The third kappa shape index (κ3) is 5.45. The first-order chi connectivity index (χ1) is 12.7. The SMILES string of the molecule is CN=C(NCC(=O)NC1CCCCC1)N1CCN(Cc2ccon2)CC1. The van der Waals surface area contributed by atoms with Gasteiger partial charge in [0.05, 0.1) is 12.2 Å². The molecule has 0 bridgehead atoms. The van der Waals surface area contributed by atoms with Crippen LogP contribution in [0, 0.1) is 0 Å². The minimum atomic E-state index is 0.0581. The minimum absolute atomic E-state index is 0.0581. The van der Waals surface area contributed by atoms with Crippen molar-refractivity contribution < 1.29 is 9.32 Å². The topological polar surface area (TPSA) is 86.0 Å². The Labute approximate surface area is 155 Å². The van der Waals surface area contributed by atoms with E-state index in [0.717, 1.165) is 57.2 Å². The molecule has 8 heteroatoms. The fourth-order valence-electron chi connectivity index (χ4n) is 3.68. The summed E-state index contributed by atoms with van der Waals surface area (Å²) in [6.07, 6.45) is 7.55. The van der Waals surface area contributed by atoms with Crippen molar-refractivity contribution >= 4 is 11.9 Å². The Morgan fingerprint density at radius 2 is 2.04 bits per heavy atom. The van der Waals surface area contributed by atoms with Crippen LogP contribution in [0.25, 0.3) is 0 Å². The van der Waals surface area contributed by atoms with E-state index in [1.807, 2.05) is 6.07 Å². The van der Waals surface area contributed by atoms with Crippen molar-refractivity contribution in [3.05, 3.63) is 18.0 Å². The quantitative estimate of drug-likeness (QED) is 0.596. The summed E-state index contributed by atoms with van der Waals surface area (Å²) in [5, 5.41) is 10.3. The predicted molar refractivity (Wildman–Crippen MR) is 99.7 cm³/mol. The molecule has 2 heterocycles. The summed E-state index contributed by atoms with van der Waals surface area (Å²) < 4.78 is 4.89. The fourth-order valence-corrected chi connectivity index (χ4v) is 3.68. The molecule has 1 saturated heterocycles. The molecule has 1 saturated carbocycles. The van der Waals surface area contributed by atoms with Crippen LogP contribution in [0.5, 0.6) is 0 Å². The Balaban J connectivity index is 1.38. The van der Waals surface area contributed by atoms with Crippen molar-refractivity contribution in [2.45, 2.75) is 44.7 Å². The normalized spacial score (nSPS) is 20.2. The summed E-state index contributed by atoms with van der Waals surface area (Å²) in [7, 11) is 1.77. The molecule has 0 atom stereocenters. The Morgan fingerprint density at radius 1 is 1.27 bits per heavy atom. The molecule has 1 aliphatic heterocycles. The molecule has 0 spiro atoms. The number of nitrogens with one attached hydrogen (secondary N) is 2. The number of guanidine groups is 1. The molecular formula is C18H30N6O2. The van der Waals surface area contributed by atoms with Crippen LogP contribution in [0.2, 0.25) is 0 Å². The van der Waals surface area contributed by atoms with Crippen LogP contribution >= 0.6 is 0 Å². The molecule has 1 amide bonds. The number of hydrogen-bond donors (Lipinski definition) is 2. The minimum Gasteiger partial charge on any atom is -0.364 e. The maximum absolute atomic E-state index is 12.2. The molecule has 2 aliphatic rings. The van der Waals surface area contributed by atoms with Gasteiger partial charge in [0, 0.05) is 51.9 Å². The van der Waals surface area contributed by atoms with Gasteiger partial charge in [0.1, 0.15) is 6.26 Å². The van der Waals surface area contributed by atoms with Crippen LogP contribution < -0.4 is 10.6 Å². The molecule has 1 aliphatic carbocycles. The Morgan fingerprint density at radius 3 is 2.69 bits per heavy atom. The lowest BCUT2D eigenvalue weighted by Gasteiger charge is -2.36. The Hall–Kier alpha value is -2.09. The summed E-state index contributed by atoms with van der Waals surface area (Å²) in [6.45, 7) is 4.70. The van der Waals surface area contributed by atoms with E-state index < -0.39 is 0 Å². The highest BCUT2D eigenvalue weighted by Gasteiger charge is 2.21. The predicted octanol–water partition coefficient (Wildman–Crippen LogP) is 0.817. The van der Waals surface area contributed by atoms with Crippen LogP contribution in [-0.4, -0.2) is 72.6 Å². The number of carbonyl (C=O) groups excluding carboxylic acids is 1. The van der Waals surface area contributed by atoms with E-state index in [4.69, 9.17) is 4.52 Å². The number of aromatic nitrogens is 1. The monoisotopic (exact) mass is 362 g/mol. The Bertz CT molecular complexity index is 575. The van der Waals surface area contributed by atoms with E-state index in [1.54, 1.807) is 13.3 Å². The zero-order valence-electron chi connectivity index (χ0n) is 15.6. The van der Waals surface area contributed by atoms with Crippen LogP contribution in [-0.2, 0) is 11.3 Å². The zero-order chi connectivity index (χ0) is 18.2. The van der Waals surface area contributed by atoms with Gasteiger partial charge in [0.25, 0.3) is 0 Å². The van der Waals surface area contributed by atoms with Crippen molar-refractivity contribution in [2.24, 2.45) is 4.99 Å². The maximum atomic E-state index is 12.2. The molecule has 2 fully saturated rings. The van der Waals surface area contributed by atoms with Gasteiger partial charge in [-0.3, -0.25) is 14.7 Å². The average Bonchev–Trinajstić information content (AvgIpc) is 3.17. The van der Waals surface area contributed by atoms with Crippen LogP contribution in [0.15, 0.2) is 21.8 Å². The van der Waals surface area contributed by atoms with Gasteiger partial charge in [-0.15, -0.1) is 0 Å². The average molecular weight is 362 g/mol. The molecule has 8 nitrogen and oxygen atoms in total. The van der Waals surface area contributed by atoms with Gasteiger partial charge in [-0.25, -0.2) is 0 Å². The maximum Gasteiger partial charge on any atom is 0.239 e. The fraction of sp³-hybridized carbons (Fsp3) is 0.722. The lowest BCUT2D eigenvalue weighted by molar-refractivity contribution is -0.120. The van der Waals surface area contributed by atoms with Crippen molar-refractivity contribution in [1.29, 1.82) is 0 Å². The van der Waals surface area contributed by atoms with Gasteiger partial charge in [-0.2, -0.15) is 0 Å². The highest BCUT2D eigenvalue weighted by molar-refractivity contribution is 5.86. The van der Waals surface area contributed by atoms with Gasteiger partial charge in [0.2, 0.25) is 5.91 Å². The number of carbonyl (C=O) groups is 1. The van der Waals surface area contributed by atoms with Gasteiger partial charge in [-0.05, 0) is 12.8 Å². The van der Waals surface area contributed by atoms with Crippen LogP contribution in [0.1, 0.15) is 37.8 Å². The van der Waals surface area contributed by atoms with E-state index in [-0.39, 0.29) is 12.5 Å². The summed E-state index contributed by atoms with van der Waals surface area (Å²) in [5.41, 5.74) is 0.959. The van der Waals surface area contributed by atoms with E-state index in [9.17, 15) is 4.79 Å². The van der Waals surface area contributed by atoms with Crippen molar-refractivity contribution in [2.75, 3.05) is 39.8 Å². The van der Waals surface area contributed by atoms with Gasteiger partial charge < -0.3 is 20.1 Å². The summed E-state index contributed by atoms with van der Waals surface area (Å²) in [5.74, 6) is 0.854. The molecule has 1 aromatic rings. The standard InChI is InChI=1S/C18H30N6O2/c1-19-18(20-13-17(25)21-15-5-3-2-4-6-15)24-10-8-23(9-11-24)14-16-7-12-26-22-16/h7,12,15H,2-6,8-11,13-14H2,1H3,(H,19,20)(H,21,25). The second-order valence-corrected chi connectivity index (χ2v) is 7.06. The van der Waals surface area contributed by atoms with E-state index in [0.29, 0.717) is 6.04 Å². The number of piperazine rings is 1. The van der Waals surface area contributed by atoms with E-state index in [1.165, 1.54) is 19.3 Å². The number of hydrogen-bond acceptors (Lipinski definition) is 5. The summed E-state index contributed by atoms with van der Waals surface area (Å²) in [4.78, 5) is 21.1. The lowest BCUT2D eigenvalue weighted by atomic mass is 9.95. The van der Waals surface area contributed by atoms with Crippen molar-refractivity contribution in [1.82, 2.24) is 25.6 Å². The third-order valence-electron chi connectivity index (χ3n) is 5.14. The van der Waals surface area contributed by atoms with Gasteiger partial charge in [0.15, 0.2) is 5.96 Å². The Kier molecular flexibility index (Phi) is 6.88. The smallest absolute Gasteiger partial charge is 0.239 e. The number of amides is 1. The first kappa shape index (κ1) is 18.7. The van der Waals surface area contributed by atoms with Crippen molar-refractivity contribution in [3.8, 4) is 0 Å². The second kappa shape index (κ2) is 9.56. The van der Waals surface area contributed by atoms with Crippen LogP contribution in [0.4, 0.5) is 0 Å². The van der Waals surface area contributed by atoms with Crippen molar-refractivity contribution in [3.63, 3.8) is 0 Å². The molecule has 144 valence electrons. The number of nitrogens with zero attached hydrogens (tertiary/aromatic N) is 4. The number of aliphatic imine (C=N–C) groups is 1. The highest BCUT2D eigenvalue weighted by Crippen LogP contribution is 2.17. The first-order valence-corrected chi connectivity index (χ1v) is 9.61. The zero-order valence-corrected chi connectivity index (χ0v) is 15.6. The summed E-state index contributed by atoms with van der Waals surface area (Å²) >= 11 is 0. The molecule has 26 heavy (non-hydrogen) atoms. The molecular weight excluding hydrogens is 332 g/mol. The molecule has 0 radical (unpaired) electrons. The van der Waals surface area contributed by atoms with E-state index >= 15 is 0 Å². The largest absolute Gasteiger partial charge is 0.364 e. The molecule has 1 aromatic heterocycles.